The highest BCUT2D eigenvalue weighted by Crippen LogP contribution is 2.47. The molecule has 6 unspecified atom stereocenters. The number of allylic oxidation sites excluding steroid dienone is 4. The number of rotatable bonds is 37. The lowest BCUT2D eigenvalue weighted by molar-refractivity contribution is -0.220. The van der Waals surface area contributed by atoms with Crippen molar-refractivity contribution in [3.63, 3.8) is 0 Å². The predicted octanol–water partition coefficient (Wildman–Crippen LogP) is 8.45. The average molecular weight is 849 g/mol. The van der Waals surface area contributed by atoms with Crippen LogP contribution in [-0.4, -0.2) is 98.3 Å². The van der Waals surface area contributed by atoms with Gasteiger partial charge in [0.1, 0.15) is 43.2 Å². The minimum atomic E-state index is -5.12. The molecule has 340 valence electrons. The van der Waals surface area contributed by atoms with Gasteiger partial charge in [-0.25, -0.2) is 4.57 Å². The Labute approximate surface area is 349 Å². The fourth-order valence-corrected chi connectivity index (χ4v) is 7.82. The van der Waals surface area contributed by atoms with E-state index >= 15 is 0 Å². The van der Waals surface area contributed by atoms with Gasteiger partial charge >= 0.3 is 19.8 Å². The lowest BCUT2D eigenvalue weighted by atomic mass is 9.85. The first-order valence-electron chi connectivity index (χ1n) is 22.6. The Kier molecular flexibility index (Phi) is 32.8. The average Bonchev–Trinajstić information content (AvgIpc) is 3.20. The SMILES string of the molecule is CCCCC/C=C\C/C=C\CCCCCCCC(=O)O[C@H](COC(=O)CCCCCCCCCCCCCCCC)COP(=O)(O)OC1C(O)C(O)C(O)[C@@H](O)C1O. The van der Waals surface area contributed by atoms with E-state index in [9.17, 15) is 44.6 Å². The fraction of sp³-hybridized carbons (Fsp3) is 0.864. The molecule has 0 heterocycles. The third-order valence-electron chi connectivity index (χ3n) is 10.5. The Balaban J connectivity index is 2.48. The van der Waals surface area contributed by atoms with Gasteiger partial charge in [-0.3, -0.25) is 18.6 Å². The van der Waals surface area contributed by atoms with Crippen molar-refractivity contribution in [1.82, 2.24) is 0 Å². The lowest BCUT2D eigenvalue weighted by Gasteiger charge is -2.41. The number of ether oxygens (including phenoxy) is 2. The Morgan fingerprint density at radius 2 is 0.931 bits per heavy atom. The second-order valence-electron chi connectivity index (χ2n) is 15.9. The summed E-state index contributed by atoms with van der Waals surface area (Å²) < 4.78 is 33.5. The lowest BCUT2D eigenvalue weighted by Crippen LogP contribution is -2.64. The van der Waals surface area contributed by atoms with E-state index in [0.29, 0.717) is 12.8 Å². The van der Waals surface area contributed by atoms with Crippen molar-refractivity contribution >= 4 is 19.8 Å². The monoisotopic (exact) mass is 849 g/mol. The maximum absolute atomic E-state index is 12.8. The van der Waals surface area contributed by atoms with Gasteiger partial charge in [0, 0.05) is 12.8 Å². The van der Waals surface area contributed by atoms with Crippen LogP contribution < -0.4 is 0 Å². The van der Waals surface area contributed by atoms with E-state index in [1.807, 2.05) is 0 Å². The van der Waals surface area contributed by atoms with E-state index in [1.54, 1.807) is 0 Å². The third-order valence-corrected chi connectivity index (χ3v) is 11.5. The largest absolute Gasteiger partial charge is 0.472 e. The van der Waals surface area contributed by atoms with E-state index < -0.39 is 75.7 Å². The topological polar surface area (TPSA) is 210 Å². The normalized spacial score (nSPS) is 22.7. The number of phosphoric acid groups is 1. The number of carbonyl (C=O) groups excluding carboxylic acids is 2. The first-order chi connectivity index (χ1) is 27.9. The standard InChI is InChI=1S/C44H81O13P/c1-3-5-7-9-11-13-15-17-19-21-23-25-27-29-31-33-38(46)56-36(35-55-58(52,53)57-44-42(50)40(48)39(47)41(49)43(44)51)34-54-37(45)32-30-28-26-24-22-20-18-16-14-12-10-8-6-4-2/h11,13,17,19,36,39-44,47-51H,3-10,12,14-16,18,20-35H2,1-2H3,(H,52,53)/b13-11-,19-17-/t36-,39?,40-,41?,42?,43?,44?/m1/s1. The number of carbonyl (C=O) groups is 2. The summed E-state index contributed by atoms with van der Waals surface area (Å²) in [5, 5.41) is 50.1. The molecule has 0 aromatic heterocycles. The summed E-state index contributed by atoms with van der Waals surface area (Å²) in [6, 6.07) is 0. The molecular formula is C44H81O13P. The zero-order valence-corrected chi connectivity index (χ0v) is 36.7. The number of phosphoric ester groups is 1. The number of hydrogen-bond acceptors (Lipinski definition) is 12. The Morgan fingerprint density at radius 1 is 0.534 bits per heavy atom. The second-order valence-corrected chi connectivity index (χ2v) is 17.3. The number of aliphatic hydroxyl groups is 5. The zero-order chi connectivity index (χ0) is 42.9. The number of hydrogen-bond donors (Lipinski definition) is 6. The van der Waals surface area contributed by atoms with Crippen LogP contribution in [0.15, 0.2) is 24.3 Å². The Bertz CT molecular complexity index is 1120. The molecule has 0 aromatic rings. The molecule has 0 amide bonds. The second kappa shape index (κ2) is 35.0. The van der Waals surface area contributed by atoms with Crippen LogP contribution in [0.25, 0.3) is 0 Å². The number of aliphatic hydroxyl groups excluding tert-OH is 5. The molecule has 13 nitrogen and oxygen atoms in total. The van der Waals surface area contributed by atoms with Gasteiger partial charge in [0.05, 0.1) is 6.61 Å². The molecule has 14 heteroatoms. The highest BCUT2D eigenvalue weighted by Gasteiger charge is 2.51. The number of esters is 2. The number of unbranched alkanes of at least 4 members (excludes halogenated alkanes) is 21. The van der Waals surface area contributed by atoms with Crippen molar-refractivity contribution < 1.29 is 63.1 Å². The van der Waals surface area contributed by atoms with Crippen LogP contribution in [-0.2, 0) is 32.7 Å². The molecule has 0 bridgehead atoms. The summed E-state index contributed by atoms with van der Waals surface area (Å²) in [7, 11) is -5.12. The van der Waals surface area contributed by atoms with Crippen LogP contribution >= 0.6 is 7.82 Å². The van der Waals surface area contributed by atoms with Crippen molar-refractivity contribution in [3.05, 3.63) is 24.3 Å². The van der Waals surface area contributed by atoms with E-state index in [1.165, 1.54) is 83.5 Å². The van der Waals surface area contributed by atoms with Crippen LogP contribution in [0.4, 0.5) is 0 Å². The molecule has 0 aromatic carbocycles. The van der Waals surface area contributed by atoms with Gasteiger partial charge in [-0.2, -0.15) is 0 Å². The van der Waals surface area contributed by atoms with Gasteiger partial charge in [0.2, 0.25) is 0 Å². The minimum Gasteiger partial charge on any atom is -0.462 e. The van der Waals surface area contributed by atoms with E-state index in [0.717, 1.165) is 64.2 Å². The summed E-state index contributed by atoms with van der Waals surface area (Å²) in [6.45, 7) is 3.26. The smallest absolute Gasteiger partial charge is 0.462 e. The van der Waals surface area contributed by atoms with Gasteiger partial charge in [0.15, 0.2) is 6.10 Å². The fourth-order valence-electron chi connectivity index (χ4n) is 6.85. The van der Waals surface area contributed by atoms with Crippen LogP contribution in [0, 0.1) is 0 Å². The van der Waals surface area contributed by atoms with Crippen molar-refractivity contribution in [3.8, 4) is 0 Å². The molecule has 1 aliphatic rings. The zero-order valence-electron chi connectivity index (χ0n) is 35.8. The van der Waals surface area contributed by atoms with Crippen LogP contribution in [0.3, 0.4) is 0 Å². The molecule has 0 radical (unpaired) electrons. The van der Waals surface area contributed by atoms with Crippen molar-refractivity contribution in [2.45, 2.75) is 230 Å². The van der Waals surface area contributed by atoms with Crippen molar-refractivity contribution in [2.75, 3.05) is 13.2 Å². The van der Waals surface area contributed by atoms with Crippen LogP contribution in [0.5, 0.6) is 0 Å². The summed E-state index contributed by atoms with van der Waals surface area (Å²) in [5.74, 6) is -1.11. The van der Waals surface area contributed by atoms with Gasteiger partial charge in [-0.1, -0.05) is 154 Å². The van der Waals surface area contributed by atoms with Crippen molar-refractivity contribution in [1.29, 1.82) is 0 Å². The van der Waals surface area contributed by atoms with Gasteiger partial charge in [0.25, 0.3) is 0 Å². The Morgan fingerprint density at radius 3 is 1.43 bits per heavy atom. The molecule has 58 heavy (non-hydrogen) atoms. The molecule has 6 N–H and O–H groups in total. The van der Waals surface area contributed by atoms with Gasteiger partial charge in [-0.15, -0.1) is 0 Å². The molecule has 0 spiro atoms. The van der Waals surface area contributed by atoms with Gasteiger partial charge < -0.3 is 39.9 Å². The summed E-state index contributed by atoms with van der Waals surface area (Å²) in [5.41, 5.74) is 0. The molecule has 8 atom stereocenters. The molecule has 1 aliphatic carbocycles. The highest BCUT2D eigenvalue weighted by atomic mass is 31.2. The molecule has 1 rings (SSSR count). The summed E-state index contributed by atoms with van der Waals surface area (Å²) in [6.07, 6.45) is 23.7. The highest BCUT2D eigenvalue weighted by molar-refractivity contribution is 7.47. The molecule has 1 saturated carbocycles. The first-order valence-corrected chi connectivity index (χ1v) is 24.1. The van der Waals surface area contributed by atoms with E-state index in [-0.39, 0.29) is 12.8 Å². The minimum absolute atomic E-state index is 0.0832. The maximum Gasteiger partial charge on any atom is 0.472 e. The van der Waals surface area contributed by atoms with Crippen molar-refractivity contribution in [2.24, 2.45) is 0 Å². The molecule has 0 saturated heterocycles. The van der Waals surface area contributed by atoms with E-state index in [2.05, 4.69) is 38.2 Å². The molecule has 1 fully saturated rings. The quantitative estimate of drug-likeness (QED) is 0.0150. The maximum atomic E-state index is 12.8. The summed E-state index contributed by atoms with van der Waals surface area (Å²) in [4.78, 5) is 35.6. The third kappa shape index (κ3) is 27.2. The molecular weight excluding hydrogens is 767 g/mol. The van der Waals surface area contributed by atoms with E-state index in [4.69, 9.17) is 18.5 Å². The molecule has 0 aliphatic heterocycles. The Hall–Kier alpha value is -1.67. The van der Waals surface area contributed by atoms with Gasteiger partial charge in [-0.05, 0) is 44.9 Å². The first kappa shape index (κ1) is 54.3. The predicted molar refractivity (Wildman–Crippen MR) is 226 cm³/mol. The van der Waals surface area contributed by atoms with Crippen LogP contribution in [0.2, 0.25) is 0 Å². The van der Waals surface area contributed by atoms with Crippen LogP contribution in [0.1, 0.15) is 187 Å². The summed E-state index contributed by atoms with van der Waals surface area (Å²) >= 11 is 0.